The molecule has 0 spiro atoms. The smallest absolute Gasteiger partial charge is 0.139 e. The molecule has 2 aliphatic rings. The fourth-order valence-electron chi connectivity index (χ4n) is 3.83. The summed E-state index contributed by atoms with van der Waals surface area (Å²) < 4.78 is 5.36. The number of hydrogen-bond acceptors (Lipinski definition) is 3. The van der Waals surface area contributed by atoms with Gasteiger partial charge in [-0.25, -0.2) is 0 Å². The Balaban J connectivity index is 1.82. The van der Waals surface area contributed by atoms with Crippen molar-refractivity contribution in [2.24, 2.45) is 5.92 Å². The molecular weight excluding hydrogens is 345 g/mol. The maximum absolute atomic E-state index is 10.5. The van der Waals surface area contributed by atoms with Gasteiger partial charge in [0.1, 0.15) is 11.5 Å². The standard InChI is InChI=1S/C19H17Cl2NO2/c1-24-11-5-6-17-14(9-11)12-3-2-4-13(12)18(22-17)15-7-10(20)8-16(21)19(15)23/h2-3,5-9,12-13,18,22-23H,4H2,1H3. The molecule has 4 rings (SSSR count). The molecule has 0 radical (unpaired) electrons. The Morgan fingerprint density at radius 2 is 2.00 bits per heavy atom. The second-order valence-corrected chi connectivity index (χ2v) is 7.10. The van der Waals surface area contributed by atoms with Crippen molar-refractivity contribution in [2.45, 2.75) is 18.4 Å². The minimum Gasteiger partial charge on any atom is -0.506 e. The quantitative estimate of drug-likeness (QED) is 0.690. The molecule has 24 heavy (non-hydrogen) atoms. The van der Waals surface area contributed by atoms with Crippen molar-refractivity contribution in [3.05, 3.63) is 63.7 Å². The van der Waals surface area contributed by atoms with Crippen LogP contribution in [0.4, 0.5) is 5.69 Å². The lowest BCUT2D eigenvalue weighted by Gasteiger charge is -2.38. The summed E-state index contributed by atoms with van der Waals surface area (Å²) in [7, 11) is 1.68. The van der Waals surface area contributed by atoms with Crippen LogP contribution >= 0.6 is 23.2 Å². The van der Waals surface area contributed by atoms with E-state index in [1.165, 1.54) is 5.56 Å². The van der Waals surface area contributed by atoms with Crippen LogP contribution in [0, 0.1) is 5.92 Å². The van der Waals surface area contributed by atoms with Gasteiger partial charge in [0, 0.05) is 22.2 Å². The molecule has 1 heterocycles. The number of benzene rings is 2. The third-order valence-electron chi connectivity index (χ3n) is 4.96. The van der Waals surface area contributed by atoms with Gasteiger partial charge in [-0.2, -0.15) is 0 Å². The zero-order valence-electron chi connectivity index (χ0n) is 13.1. The molecule has 3 atom stereocenters. The topological polar surface area (TPSA) is 41.5 Å². The predicted molar refractivity (Wildman–Crippen MR) is 97.5 cm³/mol. The zero-order chi connectivity index (χ0) is 16.8. The van der Waals surface area contributed by atoms with Gasteiger partial charge in [-0.05, 0) is 48.2 Å². The number of phenols is 1. The highest BCUT2D eigenvalue weighted by atomic mass is 35.5. The van der Waals surface area contributed by atoms with E-state index in [1.54, 1.807) is 19.2 Å². The molecule has 124 valence electrons. The Hall–Kier alpha value is -1.84. The second kappa shape index (κ2) is 5.91. The molecule has 3 unspecified atom stereocenters. The number of phenolic OH excluding ortho intramolecular Hbond substituents is 1. The van der Waals surface area contributed by atoms with Crippen LogP contribution in [0.5, 0.6) is 11.5 Å². The minimum atomic E-state index is -0.0536. The fourth-order valence-corrected chi connectivity index (χ4v) is 4.34. The van der Waals surface area contributed by atoms with Crippen LogP contribution < -0.4 is 10.1 Å². The van der Waals surface area contributed by atoms with Crippen molar-refractivity contribution in [1.29, 1.82) is 0 Å². The fraction of sp³-hybridized carbons (Fsp3) is 0.263. The Kier molecular flexibility index (Phi) is 3.86. The molecule has 0 fully saturated rings. The summed E-state index contributed by atoms with van der Waals surface area (Å²) in [6.45, 7) is 0. The molecule has 0 saturated carbocycles. The molecule has 0 amide bonds. The average molecular weight is 362 g/mol. The molecule has 0 bridgehead atoms. The van der Waals surface area contributed by atoms with Crippen LogP contribution in [0.15, 0.2) is 42.5 Å². The summed E-state index contributed by atoms with van der Waals surface area (Å²) in [5.74, 6) is 1.52. The van der Waals surface area contributed by atoms with E-state index in [0.29, 0.717) is 10.9 Å². The van der Waals surface area contributed by atoms with Crippen LogP contribution in [-0.4, -0.2) is 12.2 Å². The van der Waals surface area contributed by atoms with E-state index in [-0.39, 0.29) is 22.7 Å². The Morgan fingerprint density at radius 3 is 2.79 bits per heavy atom. The van der Waals surface area contributed by atoms with Crippen molar-refractivity contribution < 1.29 is 9.84 Å². The molecule has 1 aliphatic carbocycles. The van der Waals surface area contributed by atoms with Gasteiger partial charge in [-0.1, -0.05) is 35.4 Å². The van der Waals surface area contributed by atoms with Gasteiger partial charge in [0.05, 0.1) is 18.2 Å². The Labute approximate surface area is 150 Å². The second-order valence-electron chi connectivity index (χ2n) is 6.25. The highest BCUT2D eigenvalue weighted by Gasteiger charge is 2.39. The molecule has 2 aromatic rings. The van der Waals surface area contributed by atoms with E-state index in [0.717, 1.165) is 23.4 Å². The largest absolute Gasteiger partial charge is 0.506 e. The van der Waals surface area contributed by atoms with Crippen molar-refractivity contribution in [3.63, 3.8) is 0 Å². The first kappa shape index (κ1) is 15.7. The van der Waals surface area contributed by atoms with Crippen LogP contribution in [0.25, 0.3) is 0 Å². The molecule has 0 aromatic heterocycles. The maximum Gasteiger partial charge on any atom is 0.139 e. The van der Waals surface area contributed by atoms with Gasteiger partial charge in [-0.15, -0.1) is 0 Å². The normalized spacial score (nSPS) is 24.2. The van der Waals surface area contributed by atoms with Crippen LogP contribution in [0.2, 0.25) is 10.0 Å². The van der Waals surface area contributed by atoms with E-state index < -0.39 is 0 Å². The first-order valence-electron chi connectivity index (χ1n) is 7.87. The van der Waals surface area contributed by atoms with Gasteiger partial charge in [0.15, 0.2) is 0 Å². The molecule has 0 saturated heterocycles. The number of fused-ring (bicyclic) bond motifs is 3. The number of halogens is 2. The summed E-state index contributed by atoms with van der Waals surface area (Å²) in [5, 5.41) is 14.8. The predicted octanol–water partition coefficient (Wildman–Crippen LogP) is 5.53. The van der Waals surface area contributed by atoms with E-state index >= 15 is 0 Å². The molecule has 2 aromatic carbocycles. The highest BCUT2D eigenvalue weighted by molar-refractivity contribution is 6.35. The van der Waals surface area contributed by atoms with Gasteiger partial charge in [0.25, 0.3) is 0 Å². The Bertz CT molecular complexity index is 834. The lowest BCUT2D eigenvalue weighted by atomic mass is 9.77. The number of allylic oxidation sites excluding steroid dienone is 2. The van der Waals surface area contributed by atoms with Crippen molar-refractivity contribution in [1.82, 2.24) is 0 Å². The van der Waals surface area contributed by atoms with E-state index in [1.807, 2.05) is 12.1 Å². The zero-order valence-corrected chi connectivity index (χ0v) is 14.6. The van der Waals surface area contributed by atoms with Crippen molar-refractivity contribution in [3.8, 4) is 11.5 Å². The van der Waals surface area contributed by atoms with Gasteiger partial charge >= 0.3 is 0 Å². The van der Waals surface area contributed by atoms with Crippen LogP contribution in [0.1, 0.15) is 29.5 Å². The third kappa shape index (κ3) is 2.43. The average Bonchev–Trinajstić information content (AvgIpc) is 3.07. The SMILES string of the molecule is COc1ccc2c(c1)C1C=CCC1C(c1cc(Cl)cc(Cl)c1O)N2. The number of methoxy groups -OCH3 is 1. The van der Waals surface area contributed by atoms with Gasteiger partial charge in [0.2, 0.25) is 0 Å². The summed E-state index contributed by atoms with van der Waals surface area (Å²) in [6.07, 6.45) is 5.37. The number of ether oxygens (including phenoxy) is 1. The van der Waals surface area contributed by atoms with Crippen molar-refractivity contribution in [2.75, 3.05) is 12.4 Å². The first-order chi connectivity index (χ1) is 11.6. The number of anilines is 1. The number of rotatable bonds is 2. The molecule has 3 nitrogen and oxygen atoms in total. The highest BCUT2D eigenvalue weighted by Crippen LogP contribution is 2.52. The summed E-state index contributed by atoms with van der Waals surface area (Å²) in [6, 6.07) is 9.34. The third-order valence-corrected chi connectivity index (χ3v) is 5.47. The van der Waals surface area contributed by atoms with Crippen LogP contribution in [0.3, 0.4) is 0 Å². The number of aromatic hydroxyl groups is 1. The molecule has 2 N–H and O–H groups in total. The van der Waals surface area contributed by atoms with E-state index in [9.17, 15) is 5.11 Å². The first-order valence-corrected chi connectivity index (χ1v) is 8.63. The lowest BCUT2D eigenvalue weighted by molar-refractivity contribution is 0.395. The molecule has 1 aliphatic heterocycles. The number of nitrogens with one attached hydrogen (secondary N) is 1. The van der Waals surface area contributed by atoms with Gasteiger partial charge < -0.3 is 15.2 Å². The minimum absolute atomic E-state index is 0.0536. The summed E-state index contributed by atoms with van der Waals surface area (Å²) >= 11 is 12.3. The Morgan fingerprint density at radius 1 is 1.17 bits per heavy atom. The monoisotopic (exact) mass is 361 g/mol. The van der Waals surface area contributed by atoms with Crippen LogP contribution in [-0.2, 0) is 0 Å². The lowest BCUT2D eigenvalue weighted by Crippen LogP contribution is -2.29. The van der Waals surface area contributed by atoms with Gasteiger partial charge in [-0.3, -0.25) is 0 Å². The number of hydrogen-bond donors (Lipinski definition) is 2. The summed E-state index contributed by atoms with van der Waals surface area (Å²) in [4.78, 5) is 0. The van der Waals surface area contributed by atoms with E-state index in [2.05, 4.69) is 23.5 Å². The van der Waals surface area contributed by atoms with E-state index in [4.69, 9.17) is 27.9 Å². The maximum atomic E-state index is 10.5. The molecular formula is C19H17Cl2NO2. The summed E-state index contributed by atoms with van der Waals surface area (Å²) in [5.41, 5.74) is 3.01. The van der Waals surface area contributed by atoms with Crippen molar-refractivity contribution >= 4 is 28.9 Å². The molecule has 5 heteroatoms.